The van der Waals surface area contributed by atoms with Crippen LogP contribution in [-0.4, -0.2) is 16.9 Å². The van der Waals surface area contributed by atoms with Crippen molar-refractivity contribution >= 4 is 11.6 Å². The highest BCUT2D eigenvalue weighted by Gasteiger charge is 2.28. The molecule has 3 nitrogen and oxygen atoms in total. The van der Waals surface area contributed by atoms with E-state index in [0.29, 0.717) is 12.5 Å². The smallest absolute Gasteiger partial charge is 0.227 e. The maximum absolute atomic E-state index is 11.5. The Morgan fingerprint density at radius 1 is 1.46 bits per heavy atom. The van der Waals surface area contributed by atoms with Gasteiger partial charge in [0.15, 0.2) is 0 Å². The summed E-state index contributed by atoms with van der Waals surface area (Å²) in [6, 6.07) is 4.08. The van der Waals surface area contributed by atoms with Crippen LogP contribution >= 0.6 is 0 Å². The SMILES string of the molecule is CC1CCC(=O)N1c1ccncc1. The topological polar surface area (TPSA) is 33.2 Å². The van der Waals surface area contributed by atoms with E-state index in [0.717, 1.165) is 12.1 Å². The Hall–Kier alpha value is -1.38. The van der Waals surface area contributed by atoms with Gasteiger partial charge >= 0.3 is 0 Å². The first-order valence-electron chi connectivity index (χ1n) is 4.51. The van der Waals surface area contributed by atoms with Gasteiger partial charge in [0.05, 0.1) is 0 Å². The Kier molecular flexibility index (Phi) is 2.00. The van der Waals surface area contributed by atoms with Gasteiger partial charge in [0.25, 0.3) is 0 Å². The second-order valence-corrected chi connectivity index (χ2v) is 3.36. The van der Waals surface area contributed by atoms with Crippen LogP contribution in [0.2, 0.25) is 0 Å². The summed E-state index contributed by atoms with van der Waals surface area (Å²) in [6.45, 7) is 2.07. The number of nitrogens with zero attached hydrogens (tertiary/aromatic N) is 2. The second kappa shape index (κ2) is 3.17. The van der Waals surface area contributed by atoms with Crippen molar-refractivity contribution in [3.8, 4) is 0 Å². The van der Waals surface area contributed by atoms with Gasteiger partial charge in [0.1, 0.15) is 0 Å². The van der Waals surface area contributed by atoms with E-state index < -0.39 is 0 Å². The van der Waals surface area contributed by atoms with Gasteiger partial charge in [-0.1, -0.05) is 0 Å². The van der Waals surface area contributed by atoms with E-state index in [2.05, 4.69) is 11.9 Å². The molecule has 1 aliphatic rings. The van der Waals surface area contributed by atoms with E-state index >= 15 is 0 Å². The van der Waals surface area contributed by atoms with E-state index in [-0.39, 0.29) is 5.91 Å². The lowest BCUT2D eigenvalue weighted by Crippen LogP contribution is -2.30. The third kappa shape index (κ3) is 1.41. The zero-order valence-electron chi connectivity index (χ0n) is 7.60. The molecule has 68 valence electrons. The summed E-state index contributed by atoms with van der Waals surface area (Å²) in [5.74, 6) is 0.221. The van der Waals surface area contributed by atoms with Gasteiger partial charge in [-0.15, -0.1) is 0 Å². The van der Waals surface area contributed by atoms with Gasteiger partial charge < -0.3 is 4.90 Å². The average Bonchev–Trinajstić information content (AvgIpc) is 2.48. The minimum Gasteiger partial charge on any atom is -0.310 e. The van der Waals surface area contributed by atoms with Crippen molar-refractivity contribution in [2.45, 2.75) is 25.8 Å². The van der Waals surface area contributed by atoms with E-state index in [1.165, 1.54) is 0 Å². The monoisotopic (exact) mass is 176 g/mol. The summed E-state index contributed by atoms with van der Waals surface area (Å²) in [6.07, 6.45) is 5.06. The fourth-order valence-corrected chi connectivity index (χ4v) is 1.73. The van der Waals surface area contributed by atoms with Crippen LogP contribution in [0.15, 0.2) is 24.5 Å². The minimum absolute atomic E-state index is 0.221. The molecule has 0 aromatic carbocycles. The molecule has 0 saturated carbocycles. The fourth-order valence-electron chi connectivity index (χ4n) is 1.73. The van der Waals surface area contributed by atoms with Gasteiger partial charge in [0, 0.05) is 30.5 Å². The molecular weight excluding hydrogens is 164 g/mol. The first kappa shape index (κ1) is 8.23. The summed E-state index contributed by atoms with van der Waals surface area (Å²) < 4.78 is 0. The molecule has 13 heavy (non-hydrogen) atoms. The molecule has 0 spiro atoms. The highest BCUT2D eigenvalue weighted by molar-refractivity contribution is 5.95. The predicted molar refractivity (Wildman–Crippen MR) is 50.4 cm³/mol. The molecule has 1 aliphatic heterocycles. The molecule has 0 radical (unpaired) electrons. The third-order valence-corrected chi connectivity index (χ3v) is 2.43. The van der Waals surface area contributed by atoms with Gasteiger partial charge in [-0.05, 0) is 25.5 Å². The fraction of sp³-hybridized carbons (Fsp3) is 0.400. The van der Waals surface area contributed by atoms with Crippen molar-refractivity contribution in [1.82, 2.24) is 4.98 Å². The minimum atomic E-state index is 0.221. The van der Waals surface area contributed by atoms with Gasteiger partial charge in [0.2, 0.25) is 5.91 Å². The molecule has 0 N–H and O–H groups in total. The molecule has 1 aromatic heterocycles. The number of rotatable bonds is 1. The Morgan fingerprint density at radius 2 is 2.15 bits per heavy atom. The lowest BCUT2D eigenvalue weighted by Gasteiger charge is -2.21. The van der Waals surface area contributed by atoms with Crippen LogP contribution in [0.1, 0.15) is 19.8 Å². The first-order valence-corrected chi connectivity index (χ1v) is 4.51. The van der Waals surface area contributed by atoms with Crippen LogP contribution in [-0.2, 0) is 4.79 Å². The molecule has 1 atom stereocenters. The summed E-state index contributed by atoms with van der Waals surface area (Å²) in [4.78, 5) is 17.3. The maximum Gasteiger partial charge on any atom is 0.227 e. The van der Waals surface area contributed by atoms with E-state index in [1.807, 2.05) is 17.0 Å². The highest BCUT2D eigenvalue weighted by Crippen LogP contribution is 2.25. The second-order valence-electron chi connectivity index (χ2n) is 3.36. The van der Waals surface area contributed by atoms with E-state index in [9.17, 15) is 4.79 Å². The number of carbonyl (C=O) groups is 1. The Labute approximate surface area is 77.4 Å². The zero-order chi connectivity index (χ0) is 9.26. The van der Waals surface area contributed by atoms with Crippen molar-refractivity contribution in [2.75, 3.05) is 4.90 Å². The molecule has 2 heterocycles. The summed E-state index contributed by atoms with van der Waals surface area (Å²) in [5, 5.41) is 0. The molecule has 2 rings (SSSR count). The van der Waals surface area contributed by atoms with Crippen molar-refractivity contribution in [1.29, 1.82) is 0 Å². The van der Waals surface area contributed by atoms with Crippen LogP contribution < -0.4 is 4.90 Å². The normalized spacial score (nSPS) is 22.4. The molecule has 1 amide bonds. The summed E-state index contributed by atoms with van der Waals surface area (Å²) in [5.41, 5.74) is 0.963. The lowest BCUT2D eigenvalue weighted by molar-refractivity contribution is -0.117. The zero-order valence-corrected chi connectivity index (χ0v) is 7.60. The standard InChI is InChI=1S/C10H12N2O/c1-8-2-3-10(13)12(8)9-4-6-11-7-5-9/h4-8H,2-3H2,1H3. The first-order chi connectivity index (χ1) is 6.29. The predicted octanol–water partition coefficient (Wildman–Crippen LogP) is 1.60. The molecule has 1 saturated heterocycles. The Bertz CT molecular complexity index is 310. The third-order valence-electron chi connectivity index (χ3n) is 2.43. The molecular formula is C10H12N2O. The molecule has 3 heteroatoms. The maximum atomic E-state index is 11.5. The number of anilines is 1. The average molecular weight is 176 g/mol. The number of carbonyl (C=O) groups excluding carboxylic acids is 1. The number of hydrogen-bond acceptors (Lipinski definition) is 2. The van der Waals surface area contributed by atoms with E-state index in [1.54, 1.807) is 12.4 Å². The van der Waals surface area contributed by atoms with Gasteiger partial charge in [-0.2, -0.15) is 0 Å². The highest BCUT2D eigenvalue weighted by atomic mass is 16.2. The number of amides is 1. The quantitative estimate of drug-likeness (QED) is 0.651. The van der Waals surface area contributed by atoms with Crippen LogP contribution in [0.3, 0.4) is 0 Å². The number of aromatic nitrogens is 1. The lowest BCUT2D eigenvalue weighted by atomic mass is 10.2. The van der Waals surface area contributed by atoms with Crippen molar-refractivity contribution in [2.24, 2.45) is 0 Å². The number of pyridine rings is 1. The summed E-state index contributed by atoms with van der Waals surface area (Å²) >= 11 is 0. The van der Waals surface area contributed by atoms with Crippen molar-refractivity contribution in [3.63, 3.8) is 0 Å². The summed E-state index contributed by atoms with van der Waals surface area (Å²) in [7, 11) is 0. The van der Waals surface area contributed by atoms with Crippen LogP contribution in [0.25, 0.3) is 0 Å². The largest absolute Gasteiger partial charge is 0.310 e. The molecule has 1 unspecified atom stereocenters. The molecule has 0 aliphatic carbocycles. The Balaban J connectivity index is 2.30. The van der Waals surface area contributed by atoms with Crippen molar-refractivity contribution < 1.29 is 4.79 Å². The van der Waals surface area contributed by atoms with Gasteiger partial charge in [-0.25, -0.2) is 0 Å². The van der Waals surface area contributed by atoms with Crippen LogP contribution in [0, 0.1) is 0 Å². The van der Waals surface area contributed by atoms with Gasteiger partial charge in [-0.3, -0.25) is 9.78 Å². The number of hydrogen-bond donors (Lipinski definition) is 0. The molecule has 1 aromatic rings. The van der Waals surface area contributed by atoms with Crippen molar-refractivity contribution in [3.05, 3.63) is 24.5 Å². The van der Waals surface area contributed by atoms with E-state index in [4.69, 9.17) is 0 Å². The van der Waals surface area contributed by atoms with Crippen LogP contribution in [0.4, 0.5) is 5.69 Å². The molecule has 1 fully saturated rings. The van der Waals surface area contributed by atoms with Crippen LogP contribution in [0.5, 0.6) is 0 Å². The Morgan fingerprint density at radius 3 is 2.69 bits per heavy atom. The molecule has 0 bridgehead atoms.